The van der Waals surface area contributed by atoms with Crippen LogP contribution in [0.3, 0.4) is 0 Å². The standard InChI is InChI=1S/C25H20IN3O5/c1-2-33-21-13-16(12-19(26)23(21)34-15-22(30)31)14-27-29-24(17-8-4-3-5-9-17)28-20-11-7-6-10-18(20)25(29)32/h3-14H,2,15H2,1H3,(H,30,31). The number of nitrogens with zero attached hydrogens (tertiary/aromatic N) is 3. The van der Waals surface area contributed by atoms with Gasteiger partial charge in [0.2, 0.25) is 0 Å². The molecule has 34 heavy (non-hydrogen) atoms. The molecule has 1 aromatic heterocycles. The number of hydrogen-bond donors (Lipinski definition) is 1. The van der Waals surface area contributed by atoms with E-state index in [0.717, 1.165) is 5.56 Å². The van der Waals surface area contributed by atoms with E-state index in [-0.39, 0.29) is 5.56 Å². The first-order chi connectivity index (χ1) is 16.5. The molecule has 0 radical (unpaired) electrons. The smallest absolute Gasteiger partial charge is 0.341 e. The van der Waals surface area contributed by atoms with Crippen LogP contribution in [0.4, 0.5) is 0 Å². The lowest BCUT2D eigenvalue weighted by atomic mass is 10.2. The highest BCUT2D eigenvalue weighted by molar-refractivity contribution is 14.1. The van der Waals surface area contributed by atoms with Gasteiger partial charge in [0.15, 0.2) is 23.9 Å². The number of hydrogen-bond acceptors (Lipinski definition) is 6. The fourth-order valence-electron chi connectivity index (χ4n) is 3.33. The van der Waals surface area contributed by atoms with E-state index in [1.807, 2.05) is 65.9 Å². The van der Waals surface area contributed by atoms with Crippen molar-refractivity contribution in [3.63, 3.8) is 0 Å². The summed E-state index contributed by atoms with van der Waals surface area (Å²) in [6.45, 7) is 1.70. The summed E-state index contributed by atoms with van der Waals surface area (Å²) in [4.78, 5) is 28.9. The zero-order chi connectivity index (χ0) is 24.1. The molecule has 0 aliphatic carbocycles. The number of aliphatic carboxylic acids is 1. The van der Waals surface area contributed by atoms with Gasteiger partial charge in [0.05, 0.1) is 27.3 Å². The Kier molecular flexibility index (Phi) is 7.21. The Morgan fingerprint density at radius 2 is 1.85 bits per heavy atom. The normalized spacial score (nSPS) is 11.1. The molecule has 0 unspecified atom stereocenters. The molecule has 9 heteroatoms. The summed E-state index contributed by atoms with van der Waals surface area (Å²) >= 11 is 2.05. The average Bonchev–Trinajstić information content (AvgIpc) is 2.83. The number of fused-ring (bicyclic) bond motifs is 1. The highest BCUT2D eigenvalue weighted by Crippen LogP contribution is 2.34. The quantitative estimate of drug-likeness (QED) is 0.249. The number of carboxylic acid groups (broad SMARTS) is 1. The van der Waals surface area contributed by atoms with Gasteiger partial charge < -0.3 is 14.6 Å². The van der Waals surface area contributed by atoms with E-state index in [0.29, 0.717) is 44.0 Å². The van der Waals surface area contributed by atoms with Crippen LogP contribution in [0.5, 0.6) is 11.5 Å². The van der Waals surface area contributed by atoms with Gasteiger partial charge in [0.25, 0.3) is 5.56 Å². The molecule has 3 aromatic carbocycles. The van der Waals surface area contributed by atoms with Crippen LogP contribution in [0.25, 0.3) is 22.3 Å². The van der Waals surface area contributed by atoms with Crippen LogP contribution < -0.4 is 15.0 Å². The van der Waals surface area contributed by atoms with E-state index in [1.165, 1.54) is 10.9 Å². The minimum Gasteiger partial charge on any atom is -0.490 e. The summed E-state index contributed by atoms with van der Waals surface area (Å²) in [6.07, 6.45) is 1.54. The second-order valence-corrected chi connectivity index (χ2v) is 8.29. The number of benzene rings is 3. The van der Waals surface area contributed by atoms with E-state index in [1.54, 1.807) is 30.3 Å². The fourth-order valence-corrected chi connectivity index (χ4v) is 4.11. The van der Waals surface area contributed by atoms with Crippen molar-refractivity contribution < 1.29 is 19.4 Å². The topological polar surface area (TPSA) is 103 Å². The van der Waals surface area contributed by atoms with Crippen molar-refractivity contribution in [2.24, 2.45) is 5.10 Å². The molecule has 0 atom stereocenters. The van der Waals surface area contributed by atoms with Crippen LogP contribution in [0.1, 0.15) is 12.5 Å². The molecule has 0 amide bonds. The van der Waals surface area contributed by atoms with E-state index < -0.39 is 12.6 Å². The van der Waals surface area contributed by atoms with Crippen molar-refractivity contribution >= 4 is 45.7 Å². The highest BCUT2D eigenvalue weighted by atomic mass is 127. The first kappa shape index (κ1) is 23.4. The van der Waals surface area contributed by atoms with Crippen molar-refractivity contribution in [3.05, 3.63) is 86.2 Å². The lowest BCUT2D eigenvalue weighted by Crippen LogP contribution is -2.20. The maximum atomic E-state index is 13.3. The van der Waals surface area contributed by atoms with Gasteiger partial charge in [0, 0.05) is 5.56 Å². The molecule has 8 nitrogen and oxygen atoms in total. The number of carboxylic acids is 1. The molecule has 0 fully saturated rings. The van der Waals surface area contributed by atoms with Crippen molar-refractivity contribution in [2.45, 2.75) is 6.92 Å². The minimum atomic E-state index is -1.08. The third-order valence-electron chi connectivity index (χ3n) is 4.78. The molecule has 0 spiro atoms. The Hall–Kier alpha value is -3.73. The first-order valence-corrected chi connectivity index (χ1v) is 11.5. The van der Waals surface area contributed by atoms with Crippen LogP contribution >= 0.6 is 22.6 Å². The van der Waals surface area contributed by atoms with E-state index in [2.05, 4.69) is 10.1 Å². The summed E-state index contributed by atoms with van der Waals surface area (Å²) in [5.41, 5.74) is 1.70. The van der Waals surface area contributed by atoms with Crippen molar-refractivity contribution in [2.75, 3.05) is 13.2 Å². The van der Waals surface area contributed by atoms with Crippen LogP contribution in [0.2, 0.25) is 0 Å². The van der Waals surface area contributed by atoms with Gasteiger partial charge in [-0.2, -0.15) is 9.78 Å². The molecule has 0 aliphatic rings. The summed E-state index contributed by atoms with van der Waals surface area (Å²) in [7, 11) is 0. The van der Waals surface area contributed by atoms with Crippen LogP contribution in [-0.4, -0.2) is 40.2 Å². The number of halogens is 1. The Balaban J connectivity index is 1.81. The number of ether oxygens (including phenoxy) is 2. The number of rotatable bonds is 8. The Morgan fingerprint density at radius 1 is 1.12 bits per heavy atom. The molecule has 0 saturated heterocycles. The zero-order valence-corrected chi connectivity index (χ0v) is 20.3. The van der Waals surface area contributed by atoms with Gasteiger partial charge >= 0.3 is 5.97 Å². The van der Waals surface area contributed by atoms with Gasteiger partial charge in [-0.25, -0.2) is 9.78 Å². The van der Waals surface area contributed by atoms with Crippen LogP contribution in [0.15, 0.2) is 76.6 Å². The maximum absolute atomic E-state index is 13.3. The largest absolute Gasteiger partial charge is 0.490 e. The van der Waals surface area contributed by atoms with Gasteiger partial charge in [0.1, 0.15) is 0 Å². The third kappa shape index (κ3) is 5.09. The Morgan fingerprint density at radius 3 is 2.59 bits per heavy atom. The lowest BCUT2D eigenvalue weighted by Gasteiger charge is -2.13. The first-order valence-electron chi connectivity index (χ1n) is 10.4. The fraction of sp³-hybridized carbons (Fsp3) is 0.120. The average molecular weight is 569 g/mol. The SMILES string of the molecule is CCOc1cc(C=Nn2c(-c3ccccc3)nc3ccccc3c2=O)cc(I)c1OCC(=O)O. The summed E-state index contributed by atoms with van der Waals surface area (Å²) in [6, 6.07) is 20.0. The third-order valence-corrected chi connectivity index (χ3v) is 5.58. The predicted octanol–water partition coefficient (Wildman–Crippen LogP) is 4.41. The van der Waals surface area contributed by atoms with E-state index in [4.69, 9.17) is 14.6 Å². The Bertz CT molecular complexity index is 1430. The van der Waals surface area contributed by atoms with Gasteiger partial charge in [-0.05, 0) is 59.3 Å². The van der Waals surface area contributed by atoms with Crippen LogP contribution in [-0.2, 0) is 4.79 Å². The monoisotopic (exact) mass is 569 g/mol. The molecular formula is C25H20IN3O5. The van der Waals surface area contributed by atoms with Gasteiger partial charge in [-0.3, -0.25) is 4.79 Å². The maximum Gasteiger partial charge on any atom is 0.341 e. The molecule has 0 saturated carbocycles. The minimum absolute atomic E-state index is 0.290. The Labute approximate surface area is 208 Å². The van der Waals surface area contributed by atoms with E-state index >= 15 is 0 Å². The molecule has 1 N–H and O–H groups in total. The number of para-hydroxylation sites is 1. The predicted molar refractivity (Wildman–Crippen MR) is 138 cm³/mol. The molecule has 0 bridgehead atoms. The summed E-state index contributed by atoms with van der Waals surface area (Å²) in [5, 5.41) is 13.9. The number of carbonyl (C=O) groups is 1. The second-order valence-electron chi connectivity index (χ2n) is 7.13. The van der Waals surface area contributed by atoms with Crippen molar-refractivity contribution in [1.29, 1.82) is 0 Å². The molecular weight excluding hydrogens is 549 g/mol. The van der Waals surface area contributed by atoms with Gasteiger partial charge in [-0.1, -0.05) is 42.5 Å². The van der Waals surface area contributed by atoms with Gasteiger partial charge in [-0.15, -0.1) is 0 Å². The molecule has 1 heterocycles. The summed E-state index contributed by atoms with van der Waals surface area (Å²) < 4.78 is 13.0. The zero-order valence-electron chi connectivity index (χ0n) is 18.1. The van der Waals surface area contributed by atoms with Crippen molar-refractivity contribution in [3.8, 4) is 22.9 Å². The highest BCUT2D eigenvalue weighted by Gasteiger charge is 2.15. The molecule has 0 aliphatic heterocycles. The lowest BCUT2D eigenvalue weighted by molar-refractivity contribution is -0.139. The summed E-state index contributed by atoms with van der Waals surface area (Å²) in [5.74, 6) is 0.0723. The molecule has 4 rings (SSSR count). The van der Waals surface area contributed by atoms with Crippen LogP contribution in [0, 0.1) is 3.57 Å². The molecule has 172 valence electrons. The molecule has 4 aromatic rings. The van der Waals surface area contributed by atoms with Crippen molar-refractivity contribution in [1.82, 2.24) is 9.66 Å². The number of aromatic nitrogens is 2. The second kappa shape index (κ2) is 10.5. The van der Waals surface area contributed by atoms with E-state index in [9.17, 15) is 9.59 Å².